The van der Waals surface area contributed by atoms with Gasteiger partial charge in [0.25, 0.3) is 0 Å². The van der Waals surface area contributed by atoms with Crippen LogP contribution in [-0.2, 0) is 6.54 Å². The summed E-state index contributed by atoms with van der Waals surface area (Å²) in [5, 5.41) is 12.0. The lowest BCUT2D eigenvalue weighted by molar-refractivity contribution is 0.0697. The fourth-order valence-electron chi connectivity index (χ4n) is 1.49. The Morgan fingerprint density at radius 1 is 1.26 bits per heavy atom. The normalized spacial score (nSPS) is 10.2. The minimum Gasteiger partial charge on any atom is -0.478 e. The number of rotatable bonds is 4. The zero-order valence-corrected chi connectivity index (χ0v) is 12.9. The number of halogens is 2. The summed E-state index contributed by atoms with van der Waals surface area (Å²) in [4.78, 5) is 15.0. The second-order valence-corrected chi connectivity index (χ2v) is 5.59. The highest BCUT2D eigenvalue weighted by atomic mass is 79.9. The van der Waals surface area contributed by atoms with Crippen molar-refractivity contribution in [1.82, 2.24) is 4.98 Å². The van der Waals surface area contributed by atoms with Crippen molar-refractivity contribution in [3.63, 3.8) is 0 Å². The molecule has 2 rings (SSSR count). The van der Waals surface area contributed by atoms with Crippen LogP contribution >= 0.6 is 31.9 Å². The van der Waals surface area contributed by atoms with Crippen LogP contribution in [-0.4, -0.2) is 16.1 Å². The molecule has 2 N–H and O–H groups in total. The third kappa shape index (κ3) is 3.78. The predicted molar refractivity (Wildman–Crippen MR) is 80.4 cm³/mol. The van der Waals surface area contributed by atoms with E-state index in [0.717, 1.165) is 20.3 Å². The van der Waals surface area contributed by atoms with E-state index in [-0.39, 0.29) is 5.56 Å². The van der Waals surface area contributed by atoms with Gasteiger partial charge in [0.15, 0.2) is 0 Å². The molecule has 0 aliphatic heterocycles. The Kier molecular flexibility index (Phi) is 4.55. The summed E-state index contributed by atoms with van der Waals surface area (Å²) in [7, 11) is 0. The molecule has 0 saturated heterocycles. The molecule has 6 heteroatoms. The summed E-state index contributed by atoms with van der Waals surface area (Å²) in [5.41, 5.74) is 2.00. The van der Waals surface area contributed by atoms with Crippen molar-refractivity contribution < 1.29 is 9.90 Å². The summed E-state index contributed by atoms with van der Waals surface area (Å²) < 4.78 is 1.82. The van der Waals surface area contributed by atoms with Crippen LogP contribution in [0.5, 0.6) is 0 Å². The number of anilines is 1. The first-order valence-electron chi connectivity index (χ1n) is 5.43. The number of aromatic nitrogens is 1. The molecule has 4 nitrogen and oxygen atoms in total. The average molecular weight is 386 g/mol. The molecular formula is C13H10Br2N2O2. The van der Waals surface area contributed by atoms with Gasteiger partial charge in [-0.1, -0.05) is 0 Å². The van der Waals surface area contributed by atoms with Crippen LogP contribution < -0.4 is 5.32 Å². The smallest absolute Gasteiger partial charge is 0.335 e. The minimum atomic E-state index is -0.927. The van der Waals surface area contributed by atoms with Crippen LogP contribution in [0.1, 0.15) is 16.1 Å². The molecule has 2 aromatic rings. The van der Waals surface area contributed by atoms with Gasteiger partial charge in [-0.25, -0.2) is 4.79 Å². The van der Waals surface area contributed by atoms with E-state index >= 15 is 0 Å². The molecule has 0 fully saturated rings. The Bertz CT molecular complexity index is 600. The summed E-state index contributed by atoms with van der Waals surface area (Å²) in [6.45, 7) is 0.556. The number of nitrogens with one attached hydrogen (secondary N) is 1. The number of nitrogens with zero attached hydrogens (tertiary/aromatic N) is 1. The maximum absolute atomic E-state index is 10.7. The van der Waals surface area contributed by atoms with Gasteiger partial charge in [0, 0.05) is 20.8 Å². The monoisotopic (exact) mass is 384 g/mol. The van der Waals surface area contributed by atoms with Gasteiger partial charge in [0.05, 0.1) is 17.8 Å². The number of hydrogen-bond donors (Lipinski definition) is 2. The van der Waals surface area contributed by atoms with Gasteiger partial charge in [-0.15, -0.1) is 0 Å². The van der Waals surface area contributed by atoms with Gasteiger partial charge in [-0.2, -0.15) is 0 Å². The SMILES string of the molecule is O=C(O)c1ccc(NCc2ncc(Br)cc2Br)cc1. The number of carboxylic acid groups (broad SMARTS) is 1. The highest BCUT2D eigenvalue weighted by Crippen LogP contribution is 2.20. The van der Waals surface area contributed by atoms with Crippen LogP contribution in [0.2, 0.25) is 0 Å². The minimum absolute atomic E-state index is 0.272. The van der Waals surface area contributed by atoms with Gasteiger partial charge < -0.3 is 10.4 Å². The van der Waals surface area contributed by atoms with Gasteiger partial charge in [-0.3, -0.25) is 4.98 Å². The Balaban J connectivity index is 2.04. The second kappa shape index (κ2) is 6.16. The van der Waals surface area contributed by atoms with Crippen molar-refractivity contribution in [2.45, 2.75) is 6.54 Å². The molecule has 0 amide bonds. The quantitative estimate of drug-likeness (QED) is 0.837. The molecular weight excluding hydrogens is 376 g/mol. The van der Waals surface area contributed by atoms with Crippen molar-refractivity contribution in [2.24, 2.45) is 0 Å². The number of aromatic carboxylic acids is 1. The van der Waals surface area contributed by atoms with Crippen LogP contribution in [0.3, 0.4) is 0 Å². The topological polar surface area (TPSA) is 62.2 Å². The molecule has 0 saturated carbocycles. The Hall–Kier alpha value is -1.40. The van der Waals surface area contributed by atoms with Gasteiger partial charge >= 0.3 is 5.97 Å². The average Bonchev–Trinajstić information content (AvgIpc) is 2.38. The van der Waals surface area contributed by atoms with Crippen LogP contribution in [0, 0.1) is 0 Å². The molecule has 0 aliphatic rings. The lowest BCUT2D eigenvalue weighted by atomic mass is 10.2. The summed E-state index contributed by atoms with van der Waals surface area (Å²) in [5.74, 6) is -0.927. The van der Waals surface area contributed by atoms with Crippen molar-refractivity contribution in [3.05, 3.63) is 56.7 Å². The largest absolute Gasteiger partial charge is 0.478 e. The molecule has 1 heterocycles. The Morgan fingerprint density at radius 2 is 1.95 bits per heavy atom. The van der Waals surface area contributed by atoms with E-state index < -0.39 is 5.97 Å². The molecule has 19 heavy (non-hydrogen) atoms. The van der Waals surface area contributed by atoms with Crippen LogP contribution in [0.25, 0.3) is 0 Å². The zero-order valence-electron chi connectivity index (χ0n) is 9.73. The third-order valence-corrected chi connectivity index (χ3v) is 3.60. The molecule has 0 unspecified atom stereocenters. The molecule has 1 aromatic heterocycles. The van der Waals surface area contributed by atoms with Crippen molar-refractivity contribution >= 4 is 43.5 Å². The van der Waals surface area contributed by atoms with E-state index in [0.29, 0.717) is 6.54 Å². The highest BCUT2D eigenvalue weighted by Gasteiger charge is 2.04. The standard InChI is InChI=1S/C13H10Br2N2O2/c14-9-5-11(15)12(17-6-9)7-16-10-3-1-8(2-4-10)13(18)19/h1-6,16H,7H2,(H,18,19). The van der Waals surface area contributed by atoms with Crippen LogP contribution in [0.15, 0.2) is 45.5 Å². The number of benzene rings is 1. The molecule has 0 radical (unpaired) electrons. The summed E-state index contributed by atoms with van der Waals surface area (Å²) in [6.07, 6.45) is 1.73. The Morgan fingerprint density at radius 3 is 2.53 bits per heavy atom. The summed E-state index contributed by atoms with van der Waals surface area (Å²) in [6, 6.07) is 8.52. The third-order valence-electron chi connectivity index (χ3n) is 2.48. The van der Waals surface area contributed by atoms with E-state index in [1.54, 1.807) is 30.5 Å². The molecule has 0 spiro atoms. The number of pyridine rings is 1. The zero-order chi connectivity index (χ0) is 13.8. The molecule has 1 aromatic carbocycles. The molecule has 0 bridgehead atoms. The first-order chi connectivity index (χ1) is 9.06. The van der Waals surface area contributed by atoms with Gasteiger partial charge in [-0.05, 0) is 62.2 Å². The maximum Gasteiger partial charge on any atom is 0.335 e. The number of carbonyl (C=O) groups is 1. The van der Waals surface area contributed by atoms with Crippen molar-refractivity contribution in [1.29, 1.82) is 0 Å². The first-order valence-corrected chi connectivity index (χ1v) is 7.02. The fourth-order valence-corrected chi connectivity index (χ4v) is 2.62. The lowest BCUT2D eigenvalue weighted by Gasteiger charge is -2.08. The number of hydrogen-bond acceptors (Lipinski definition) is 3. The van der Waals surface area contributed by atoms with E-state index in [1.165, 1.54) is 0 Å². The van der Waals surface area contributed by atoms with Crippen molar-refractivity contribution in [3.8, 4) is 0 Å². The predicted octanol–water partition coefficient (Wildman–Crippen LogP) is 3.92. The number of carboxylic acids is 1. The van der Waals surface area contributed by atoms with E-state index in [1.807, 2.05) is 6.07 Å². The van der Waals surface area contributed by atoms with Gasteiger partial charge in [0.2, 0.25) is 0 Å². The highest BCUT2D eigenvalue weighted by molar-refractivity contribution is 9.11. The van der Waals surface area contributed by atoms with E-state index in [9.17, 15) is 4.79 Å². The molecule has 0 aliphatic carbocycles. The molecule has 0 atom stereocenters. The Labute approximate surface area is 127 Å². The maximum atomic E-state index is 10.7. The molecule has 98 valence electrons. The summed E-state index contributed by atoms with van der Waals surface area (Å²) >= 11 is 6.79. The van der Waals surface area contributed by atoms with Crippen LogP contribution in [0.4, 0.5) is 5.69 Å². The second-order valence-electron chi connectivity index (χ2n) is 3.82. The van der Waals surface area contributed by atoms with E-state index in [4.69, 9.17) is 5.11 Å². The lowest BCUT2D eigenvalue weighted by Crippen LogP contribution is -2.03. The van der Waals surface area contributed by atoms with Gasteiger partial charge in [0.1, 0.15) is 0 Å². The van der Waals surface area contributed by atoms with Crippen molar-refractivity contribution in [2.75, 3.05) is 5.32 Å². The first kappa shape index (κ1) is 14.0. The van der Waals surface area contributed by atoms with E-state index in [2.05, 4.69) is 42.2 Å². The fraction of sp³-hybridized carbons (Fsp3) is 0.0769.